The summed E-state index contributed by atoms with van der Waals surface area (Å²) in [5.74, 6) is 1.13. The number of likely N-dealkylation sites (tertiary alicyclic amines) is 1. The highest BCUT2D eigenvalue weighted by atomic mass is 16.5. The van der Waals surface area contributed by atoms with Gasteiger partial charge in [0.05, 0.1) is 6.61 Å². The second-order valence-electron chi connectivity index (χ2n) is 11.7. The van der Waals surface area contributed by atoms with E-state index in [2.05, 4.69) is 71.9 Å². The van der Waals surface area contributed by atoms with E-state index in [1.54, 1.807) is 0 Å². The molecule has 4 heteroatoms. The number of amides is 1. The number of hydrogen-bond acceptors (Lipinski definition) is 3. The Hall–Kier alpha value is -2.33. The van der Waals surface area contributed by atoms with E-state index in [9.17, 15) is 4.79 Å². The minimum absolute atomic E-state index is 0.00111. The third kappa shape index (κ3) is 4.17. The third-order valence-corrected chi connectivity index (χ3v) is 7.27. The van der Waals surface area contributed by atoms with Gasteiger partial charge in [0.25, 0.3) is 5.91 Å². The van der Waals surface area contributed by atoms with Crippen LogP contribution >= 0.6 is 0 Å². The van der Waals surface area contributed by atoms with Crippen molar-refractivity contribution in [1.82, 2.24) is 4.90 Å². The van der Waals surface area contributed by atoms with Gasteiger partial charge in [-0.1, -0.05) is 59.7 Å². The first-order valence-electron chi connectivity index (χ1n) is 11.8. The molecule has 4 rings (SSSR count). The molecule has 2 aromatic carbocycles. The van der Waals surface area contributed by atoms with Crippen molar-refractivity contribution in [1.29, 1.82) is 0 Å². The molecule has 4 nitrogen and oxygen atoms in total. The summed E-state index contributed by atoms with van der Waals surface area (Å²) in [5, 5.41) is 0. The van der Waals surface area contributed by atoms with Crippen LogP contribution in [0.4, 0.5) is 0 Å². The Morgan fingerprint density at radius 1 is 0.969 bits per heavy atom. The van der Waals surface area contributed by atoms with Gasteiger partial charge in [-0.3, -0.25) is 4.79 Å². The molecule has 0 radical (unpaired) electrons. The average Bonchev–Trinajstić information content (AvgIpc) is 3.09. The van der Waals surface area contributed by atoms with Crippen molar-refractivity contribution in [3.05, 3.63) is 64.2 Å². The monoisotopic (exact) mass is 434 g/mol. The lowest BCUT2D eigenvalue weighted by Gasteiger charge is -2.39. The lowest BCUT2D eigenvalue weighted by molar-refractivity contribution is 0.0646. The number of carbonyl (C=O) groups excluding carboxylic acids is 1. The second kappa shape index (κ2) is 7.91. The summed E-state index contributed by atoms with van der Waals surface area (Å²) in [6.07, 6.45) is 1.84. The zero-order chi connectivity index (χ0) is 23.3. The van der Waals surface area contributed by atoms with Crippen molar-refractivity contribution in [2.45, 2.75) is 77.2 Å². The normalized spacial score (nSPS) is 17.9. The van der Waals surface area contributed by atoms with E-state index in [0.717, 1.165) is 42.8 Å². The smallest absolute Gasteiger partial charge is 0.253 e. The van der Waals surface area contributed by atoms with E-state index in [1.807, 2.05) is 11.0 Å². The molecule has 0 saturated carbocycles. The van der Waals surface area contributed by atoms with Gasteiger partial charge in [0.2, 0.25) is 0 Å². The maximum Gasteiger partial charge on any atom is 0.253 e. The number of piperidine rings is 1. The van der Waals surface area contributed by atoms with Gasteiger partial charge in [-0.15, -0.1) is 0 Å². The first kappa shape index (κ1) is 22.8. The Bertz CT molecular complexity index is 986. The van der Waals surface area contributed by atoms with Gasteiger partial charge >= 0.3 is 0 Å². The highest BCUT2D eigenvalue weighted by Crippen LogP contribution is 2.46. The molecule has 1 amide bonds. The van der Waals surface area contributed by atoms with E-state index >= 15 is 0 Å². The van der Waals surface area contributed by atoms with Crippen molar-refractivity contribution in [3.63, 3.8) is 0 Å². The van der Waals surface area contributed by atoms with E-state index in [-0.39, 0.29) is 22.2 Å². The molecule has 0 aromatic heterocycles. The number of ether oxygens (including phenoxy) is 1. The molecule has 0 aliphatic carbocycles. The van der Waals surface area contributed by atoms with Gasteiger partial charge in [-0.2, -0.15) is 0 Å². The molecule has 32 heavy (non-hydrogen) atoms. The van der Waals surface area contributed by atoms with Crippen LogP contribution in [0.3, 0.4) is 0 Å². The lowest BCUT2D eigenvalue weighted by atomic mass is 9.74. The molecule has 1 saturated heterocycles. The van der Waals surface area contributed by atoms with Crippen molar-refractivity contribution < 1.29 is 9.53 Å². The molecule has 0 atom stereocenters. The number of nitrogens with zero attached hydrogens (tertiary/aromatic N) is 1. The summed E-state index contributed by atoms with van der Waals surface area (Å²) in [7, 11) is 0. The maximum absolute atomic E-state index is 13.6. The summed E-state index contributed by atoms with van der Waals surface area (Å²) in [6, 6.07) is 12.8. The zero-order valence-electron chi connectivity index (χ0n) is 20.5. The predicted molar refractivity (Wildman–Crippen MR) is 130 cm³/mol. The van der Waals surface area contributed by atoms with Gasteiger partial charge in [-0.05, 0) is 58.6 Å². The van der Waals surface area contributed by atoms with Crippen LogP contribution in [-0.4, -0.2) is 30.5 Å². The number of fused-ring (bicyclic) bond motifs is 2. The van der Waals surface area contributed by atoms with Crippen LogP contribution in [0.2, 0.25) is 0 Å². The number of carbonyl (C=O) groups is 1. The molecule has 0 unspecified atom stereocenters. The fourth-order valence-corrected chi connectivity index (χ4v) is 4.89. The summed E-state index contributed by atoms with van der Waals surface area (Å²) in [4.78, 5) is 15.6. The van der Waals surface area contributed by atoms with Crippen LogP contribution in [0.15, 0.2) is 36.4 Å². The molecule has 172 valence electrons. The summed E-state index contributed by atoms with van der Waals surface area (Å²) in [6.45, 7) is 16.0. The van der Waals surface area contributed by atoms with Crippen LogP contribution in [0.1, 0.15) is 87.0 Å². The fourth-order valence-electron chi connectivity index (χ4n) is 4.89. The zero-order valence-corrected chi connectivity index (χ0v) is 20.5. The molecule has 2 heterocycles. The molecular weight excluding hydrogens is 396 g/mol. The number of hydrogen-bond donors (Lipinski definition) is 1. The SMILES string of the molecule is CC(C)(C)c1cc(C(=O)N2CCC3(CC2)COc2ccc(CN)cc23)cc(C(C)(C)C)c1. The van der Waals surface area contributed by atoms with Gasteiger partial charge in [0, 0.05) is 36.2 Å². The topological polar surface area (TPSA) is 55.6 Å². The van der Waals surface area contributed by atoms with Crippen LogP contribution in [0.5, 0.6) is 5.75 Å². The molecule has 2 aliphatic heterocycles. The largest absolute Gasteiger partial charge is 0.492 e. The first-order valence-corrected chi connectivity index (χ1v) is 11.8. The van der Waals surface area contributed by atoms with Crippen LogP contribution in [0, 0.1) is 0 Å². The van der Waals surface area contributed by atoms with E-state index < -0.39 is 0 Å². The Labute approximate surface area is 193 Å². The lowest BCUT2D eigenvalue weighted by Crippen LogP contribution is -2.46. The highest BCUT2D eigenvalue weighted by molar-refractivity contribution is 5.95. The quantitative estimate of drug-likeness (QED) is 0.697. The molecule has 1 spiro atoms. The van der Waals surface area contributed by atoms with Crippen molar-refractivity contribution >= 4 is 5.91 Å². The minimum atomic E-state index is -0.00611. The Morgan fingerprint density at radius 3 is 2.09 bits per heavy atom. The Morgan fingerprint density at radius 2 is 1.56 bits per heavy atom. The van der Waals surface area contributed by atoms with Crippen molar-refractivity contribution in [2.75, 3.05) is 19.7 Å². The molecule has 2 aromatic rings. The fraction of sp³-hybridized carbons (Fsp3) is 0.536. The second-order valence-corrected chi connectivity index (χ2v) is 11.7. The van der Waals surface area contributed by atoms with Crippen LogP contribution in [0.25, 0.3) is 0 Å². The standard InChI is InChI=1S/C28H38N2O2/c1-26(2,3)21-14-20(15-22(16-21)27(4,5)6)25(31)30-11-9-28(10-12-30)18-32-24-8-7-19(17-29)13-23(24)28/h7-8,13-16H,9-12,17-18,29H2,1-6H3. The highest BCUT2D eigenvalue weighted by Gasteiger charge is 2.44. The Kier molecular flexibility index (Phi) is 5.65. The molecule has 2 N–H and O–H groups in total. The average molecular weight is 435 g/mol. The summed E-state index contributed by atoms with van der Waals surface area (Å²) < 4.78 is 6.03. The molecular formula is C28H38N2O2. The summed E-state index contributed by atoms with van der Waals surface area (Å²) >= 11 is 0. The van der Waals surface area contributed by atoms with Crippen LogP contribution in [-0.2, 0) is 22.8 Å². The third-order valence-electron chi connectivity index (χ3n) is 7.27. The van der Waals surface area contributed by atoms with Gasteiger partial charge in [0.1, 0.15) is 5.75 Å². The number of nitrogens with two attached hydrogens (primary N) is 1. The molecule has 2 aliphatic rings. The molecule has 1 fully saturated rings. The van der Waals surface area contributed by atoms with Crippen molar-refractivity contribution in [3.8, 4) is 5.75 Å². The Balaban J connectivity index is 1.58. The van der Waals surface area contributed by atoms with E-state index in [0.29, 0.717) is 13.2 Å². The summed E-state index contributed by atoms with van der Waals surface area (Å²) in [5.41, 5.74) is 11.5. The van der Waals surface area contributed by atoms with Gasteiger partial charge < -0.3 is 15.4 Å². The van der Waals surface area contributed by atoms with Gasteiger partial charge in [0.15, 0.2) is 0 Å². The first-order chi connectivity index (χ1) is 14.9. The minimum Gasteiger partial charge on any atom is -0.492 e. The van der Waals surface area contributed by atoms with Crippen molar-refractivity contribution in [2.24, 2.45) is 5.73 Å². The number of benzene rings is 2. The van der Waals surface area contributed by atoms with Crippen LogP contribution < -0.4 is 10.5 Å². The van der Waals surface area contributed by atoms with E-state index in [4.69, 9.17) is 10.5 Å². The van der Waals surface area contributed by atoms with E-state index in [1.165, 1.54) is 16.7 Å². The number of rotatable bonds is 2. The molecule has 0 bridgehead atoms. The predicted octanol–water partition coefficient (Wildman–Crippen LogP) is 5.31. The maximum atomic E-state index is 13.6. The van der Waals surface area contributed by atoms with Gasteiger partial charge in [-0.25, -0.2) is 0 Å².